The van der Waals surface area contributed by atoms with E-state index in [1.807, 2.05) is 24.3 Å². The Morgan fingerprint density at radius 2 is 2.05 bits per heavy atom. The number of aliphatic hydroxyl groups is 1. The minimum atomic E-state index is -0.817. The summed E-state index contributed by atoms with van der Waals surface area (Å²) in [5.74, 6) is -0.0510. The fraction of sp³-hybridized carbons (Fsp3) is 0.500. The molecule has 1 aliphatic heterocycles. The van der Waals surface area contributed by atoms with Gasteiger partial charge in [0.05, 0.1) is 11.2 Å². The summed E-state index contributed by atoms with van der Waals surface area (Å²) in [7, 11) is 1.73. The minimum absolute atomic E-state index is 0.0510. The highest BCUT2D eigenvalue weighted by Crippen LogP contribution is 2.22. The van der Waals surface area contributed by atoms with Gasteiger partial charge in [-0.05, 0) is 34.7 Å². The second-order valence-electron chi connectivity index (χ2n) is 4.98. The van der Waals surface area contributed by atoms with E-state index in [0.717, 1.165) is 3.57 Å². The topological polar surface area (TPSA) is 49.8 Å². The molecule has 0 unspecified atom stereocenters. The maximum absolute atomic E-state index is 12.4. The molecule has 0 saturated carbocycles. The molecule has 1 saturated heterocycles. The van der Waals surface area contributed by atoms with Crippen molar-refractivity contribution in [1.29, 1.82) is 0 Å². The first-order valence-corrected chi connectivity index (χ1v) is 7.40. The molecule has 0 atom stereocenters. The van der Waals surface area contributed by atoms with Gasteiger partial charge in [0.1, 0.15) is 0 Å². The lowest BCUT2D eigenvalue weighted by Gasteiger charge is -2.35. The highest BCUT2D eigenvalue weighted by molar-refractivity contribution is 14.1. The van der Waals surface area contributed by atoms with Crippen LogP contribution < -0.4 is 0 Å². The Hall–Kier alpha value is -0.660. The van der Waals surface area contributed by atoms with E-state index in [-0.39, 0.29) is 5.91 Å². The van der Waals surface area contributed by atoms with Gasteiger partial charge in [-0.3, -0.25) is 4.79 Å². The Kier molecular flexibility index (Phi) is 4.81. The summed E-state index contributed by atoms with van der Waals surface area (Å²) in [5.41, 5.74) is -0.135. The van der Waals surface area contributed by atoms with Crippen molar-refractivity contribution in [1.82, 2.24) is 4.90 Å². The van der Waals surface area contributed by atoms with Crippen molar-refractivity contribution < 1.29 is 14.6 Å². The van der Waals surface area contributed by atoms with E-state index in [1.165, 1.54) is 0 Å². The van der Waals surface area contributed by atoms with Crippen LogP contribution in [0.15, 0.2) is 24.3 Å². The van der Waals surface area contributed by atoms with Gasteiger partial charge in [0, 0.05) is 43.2 Å². The Morgan fingerprint density at radius 1 is 1.42 bits per heavy atom. The molecule has 0 aliphatic carbocycles. The van der Waals surface area contributed by atoms with Crippen LogP contribution in [0, 0.1) is 3.57 Å². The fourth-order valence-corrected chi connectivity index (χ4v) is 2.88. The normalized spacial score (nSPS) is 18.1. The maximum atomic E-state index is 12.4. The molecule has 1 aliphatic rings. The standard InChI is InChI=1S/C14H18INO3/c1-16(10-14(18)6-8-19-9-7-14)13(17)11-4-2-3-5-12(11)15/h2-5,18H,6-10H2,1H3. The van der Waals surface area contributed by atoms with Gasteiger partial charge in [-0.1, -0.05) is 12.1 Å². The van der Waals surface area contributed by atoms with Crippen LogP contribution in [0.2, 0.25) is 0 Å². The summed E-state index contributed by atoms with van der Waals surface area (Å²) in [6.07, 6.45) is 1.16. The van der Waals surface area contributed by atoms with Crippen LogP contribution in [0.3, 0.4) is 0 Å². The number of amides is 1. The highest BCUT2D eigenvalue weighted by atomic mass is 127. The highest BCUT2D eigenvalue weighted by Gasteiger charge is 2.32. The van der Waals surface area contributed by atoms with Gasteiger partial charge in [0.25, 0.3) is 5.91 Å². The van der Waals surface area contributed by atoms with E-state index >= 15 is 0 Å². The molecule has 2 rings (SSSR count). The van der Waals surface area contributed by atoms with E-state index in [2.05, 4.69) is 22.6 Å². The van der Waals surface area contributed by atoms with Crippen LogP contribution in [0.5, 0.6) is 0 Å². The van der Waals surface area contributed by atoms with E-state index in [4.69, 9.17) is 4.74 Å². The van der Waals surface area contributed by atoms with Crippen LogP contribution in [-0.2, 0) is 4.74 Å². The maximum Gasteiger partial charge on any atom is 0.254 e. The van der Waals surface area contributed by atoms with Crippen LogP contribution in [-0.4, -0.2) is 48.3 Å². The molecule has 1 N–H and O–H groups in total. The third-order valence-electron chi connectivity index (χ3n) is 3.41. The SMILES string of the molecule is CN(CC1(O)CCOCC1)C(=O)c1ccccc1I. The molecule has 0 spiro atoms. The first kappa shape index (κ1) is 14.7. The van der Waals surface area contributed by atoms with Crippen LogP contribution in [0.25, 0.3) is 0 Å². The second-order valence-corrected chi connectivity index (χ2v) is 6.14. The predicted octanol–water partition coefficient (Wildman–Crippen LogP) is 1.90. The molecule has 0 aromatic heterocycles. The van der Waals surface area contributed by atoms with Gasteiger partial charge in [-0.2, -0.15) is 0 Å². The Labute approximate surface area is 126 Å². The Morgan fingerprint density at radius 3 is 2.68 bits per heavy atom. The average molecular weight is 375 g/mol. The molecule has 1 amide bonds. The molecule has 0 radical (unpaired) electrons. The largest absolute Gasteiger partial charge is 0.388 e. The number of nitrogens with zero attached hydrogens (tertiary/aromatic N) is 1. The van der Waals surface area contributed by atoms with Crippen LogP contribution >= 0.6 is 22.6 Å². The lowest BCUT2D eigenvalue weighted by atomic mass is 9.94. The van der Waals surface area contributed by atoms with Crippen molar-refractivity contribution >= 4 is 28.5 Å². The summed E-state index contributed by atoms with van der Waals surface area (Å²) in [6, 6.07) is 7.48. The van der Waals surface area contributed by atoms with Gasteiger partial charge >= 0.3 is 0 Å². The van der Waals surface area contributed by atoms with Crippen molar-refractivity contribution in [3.63, 3.8) is 0 Å². The Bertz CT molecular complexity index is 458. The molecule has 1 fully saturated rings. The molecular formula is C14H18INO3. The molecule has 0 bridgehead atoms. The third-order valence-corrected chi connectivity index (χ3v) is 4.35. The van der Waals surface area contributed by atoms with Crippen LogP contribution in [0.1, 0.15) is 23.2 Å². The number of likely N-dealkylation sites (N-methyl/N-ethyl adjacent to an activating group) is 1. The van der Waals surface area contributed by atoms with E-state index < -0.39 is 5.60 Å². The zero-order valence-electron chi connectivity index (χ0n) is 10.9. The zero-order valence-corrected chi connectivity index (χ0v) is 13.1. The van der Waals surface area contributed by atoms with Gasteiger partial charge in [-0.25, -0.2) is 0 Å². The number of carbonyl (C=O) groups excluding carboxylic acids is 1. The van der Waals surface area contributed by atoms with Gasteiger partial charge in [0.15, 0.2) is 0 Å². The zero-order chi connectivity index (χ0) is 13.9. The summed E-state index contributed by atoms with van der Waals surface area (Å²) < 4.78 is 6.17. The third kappa shape index (κ3) is 3.67. The quantitative estimate of drug-likeness (QED) is 0.822. The van der Waals surface area contributed by atoms with Crippen molar-refractivity contribution in [2.45, 2.75) is 18.4 Å². The number of benzene rings is 1. The van der Waals surface area contributed by atoms with Gasteiger partial charge in [0.2, 0.25) is 0 Å². The average Bonchev–Trinajstić information content (AvgIpc) is 2.39. The first-order chi connectivity index (χ1) is 9.02. The Balaban J connectivity index is 2.05. The molecule has 1 aromatic rings. The molecule has 1 aromatic carbocycles. The molecular weight excluding hydrogens is 357 g/mol. The van der Waals surface area contributed by atoms with Gasteiger partial charge in [-0.15, -0.1) is 0 Å². The van der Waals surface area contributed by atoms with E-state index in [0.29, 0.717) is 38.2 Å². The number of halogens is 1. The first-order valence-electron chi connectivity index (χ1n) is 6.32. The minimum Gasteiger partial charge on any atom is -0.388 e. The van der Waals surface area contributed by atoms with Gasteiger partial charge < -0.3 is 14.7 Å². The van der Waals surface area contributed by atoms with Crippen molar-refractivity contribution in [3.8, 4) is 0 Å². The molecule has 4 nitrogen and oxygen atoms in total. The monoisotopic (exact) mass is 375 g/mol. The molecule has 19 heavy (non-hydrogen) atoms. The lowest BCUT2D eigenvalue weighted by molar-refractivity contribution is -0.0734. The van der Waals surface area contributed by atoms with E-state index in [9.17, 15) is 9.90 Å². The summed E-state index contributed by atoms with van der Waals surface area (Å²) in [4.78, 5) is 14.0. The smallest absolute Gasteiger partial charge is 0.254 e. The summed E-state index contributed by atoms with van der Waals surface area (Å²) in [6.45, 7) is 1.46. The predicted molar refractivity (Wildman–Crippen MR) is 81.1 cm³/mol. The molecule has 1 heterocycles. The van der Waals surface area contributed by atoms with E-state index in [1.54, 1.807) is 11.9 Å². The number of ether oxygens (including phenoxy) is 1. The number of hydrogen-bond donors (Lipinski definition) is 1. The summed E-state index contributed by atoms with van der Waals surface area (Å²) >= 11 is 2.15. The number of carbonyl (C=O) groups is 1. The molecule has 5 heteroatoms. The van der Waals surface area contributed by atoms with Crippen LogP contribution in [0.4, 0.5) is 0 Å². The number of hydrogen-bond acceptors (Lipinski definition) is 3. The molecule has 104 valence electrons. The number of rotatable bonds is 3. The fourth-order valence-electron chi connectivity index (χ4n) is 2.26. The second kappa shape index (κ2) is 6.19. The lowest BCUT2D eigenvalue weighted by Crippen LogP contribution is -2.47. The van der Waals surface area contributed by atoms with Crippen molar-refractivity contribution in [2.75, 3.05) is 26.8 Å². The van der Waals surface area contributed by atoms with Crippen molar-refractivity contribution in [2.24, 2.45) is 0 Å². The van der Waals surface area contributed by atoms with Crippen molar-refractivity contribution in [3.05, 3.63) is 33.4 Å². The summed E-state index contributed by atoms with van der Waals surface area (Å²) in [5, 5.41) is 10.4.